The highest BCUT2D eigenvalue weighted by Gasteiger charge is 2.22. The summed E-state index contributed by atoms with van der Waals surface area (Å²) in [5.41, 5.74) is 0.510. The molecule has 1 aliphatic rings. The average molecular weight is 297 g/mol. The van der Waals surface area contributed by atoms with Crippen molar-refractivity contribution >= 4 is 0 Å². The van der Waals surface area contributed by atoms with Crippen molar-refractivity contribution < 1.29 is 22.8 Å². The van der Waals surface area contributed by atoms with Gasteiger partial charge in [0, 0.05) is 18.7 Å². The van der Waals surface area contributed by atoms with Crippen molar-refractivity contribution in [2.24, 2.45) is 0 Å². The van der Waals surface area contributed by atoms with Crippen LogP contribution in [0.25, 0.3) is 11.5 Å². The van der Waals surface area contributed by atoms with Gasteiger partial charge in [-0.1, -0.05) is 11.2 Å². The molecule has 0 radical (unpaired) electrons. The molecule has 8 heteroatoms. The summed E-state index contributed by atoms with van der Waals surface area (Å²) >= 11 is 0. The fourth-order valence-corrected chi connectivity index (χ4v) is 2.02. The Balaban J connectivity index is 1.79. The maximum atomic E-state index is 12.2. The molecule has 1 fully saturated rings. The average Bonchev–Trinajstić information content (AvgIpc) is 2.98. The van der Waals surface area contributed by atoms with E-state index in [1.54, 1.807) is 12.1 Å². The van der Waals surface area contributed by atoms with Gasteiger partial charge in [-0.25, -0.2) is 0 Å². The Morgan fingerprint density at radius 3 is 3.05 bits per heavy atom. The van der Waals surface area contributed by atoms with Gasteiger partial charge in [-0.2, -0.15) is 13.8 Å². The third-order valence-corrected chi connectivity index (χ3v) is 2.96. The highest BCUT2D eigenvalue weighted by molar-refractivity contribution is 5.55. The minimum absolute atomic E-state index is 0.0397. The number of nitrogens with zero attached hydrogens (tertiary/aromatic N) is 2. The molecule has 112 valence electrons. The Labute approximate surface area is 119 Å². The fourth-order valence-electron chi connectivity index (χ4n) is 2.02. The van der Waals surface area contributed by atoms with Crippen LogP contribution in [0.15, 0.2) is 28.8 Å². The Morgan fingerprint density at radius 2 is 2.29 bits per heavy atom. The van der Waals surface area contributed by atoms with Crippen molar-refractivity contribution in [2.75, 3.05) is 19.7 Å². The lowest BCUT2D eigenvalue weighted by Gasteiger charge is -2.20. The molecule has 6 nitrogen and oxygen atoms in total. The molecule has 0 spiro atoms. The van der Waals surface area contributed by atoms with E-state index >= 15 is 0 Å². The van der Waals surface area contributed by atoms with Crippen molar-refractivity contribution in [1.29, 1.82) is 0 Å². The number of aromatic nitrogens is 2. The molecule has 1 N–H and O–H groups in total. The molecule has 2 heterocycles. The second kappa shape index (κ2) is 6.15. The van der Waals surface area contributed by atoms with Crippen LogP contribution in [-0.2, 0) is 4.74 Å². The van der Waals surface area contributed by atoms with Gasteiger partial charge in [0.25, 0.3) is 5.89 Å². The second-order valence-corrected chi connectivity index (χ2v) is 4.43. The number of morpholine rings is 1. The normalized spacial score (nSPS) is 18.9. The van der Waals surface area contributed by atoms with Gasteiger partial charge in [0.2, 0.25) is 5.82 Å². The third-order valence-electron chi connectivity index (χ3n) is 2.96. The molecule has 0 aliphatic carbocycles. The van der Waals surface area contributed by atoms with E-state index < -0.39 is 6.61 Å². The van der Waals surface area contributed by atoms with Gasteiger partial charge in [-0.15, -0.1) is 0 Å². The highest BCUT2D eigenvalue weighted by atomic mass is 19.3. The zero-order chi connectivity index (χ0) is 14.7. The first-order chi connectivity index (χ1) is 10.2. The van der Waals surface area contributed by atoms with Crippen molar-refractivity contribution in [3.05, 3.63) is 30.1 Å². The maximum Gasteiger partial charge on any atom is 0.387 e. The lowest BCUT2D eigenvalue weighted by Crippen LogP contribution is -2.33. The minimum atomic E-state index is -2.87. The van der Waals surface area contributed by atoms with Crippen LogP contribution in [0.5, 0.6) is 5.75 Å². The SMILES string of the molecule is FC(F)Oc1cccc(-c2nc(C3CNCCO3)no2)c1. The first-order valence-electron chi connectivity index (χ1n) is 6.43. The van der Waals surface area contributed by atoms with Gasteiger partial charge < -0.3 is 19.3 Å². The number of ether oxygens (including phenoxy) is 2. The molecule has 0 saturated carbocycles. The summed E-state index contributed by atoms with van der Waals surface area (Å²) in [6.45, 7) is -0.909. The van der Waals surface area contributed by atoms with Crippen LogP contribution in [0.1, 0.15) is 11.9 Å². The lowest BCUT2D eigenvalue weighted by atomic mass is 10.2. The lowest BCUT2D eigenvalue weighted by molar-refractivity contribution is -0.0498. The molecular weight excluding hydrogens is 284 g/mol. The van der Waals surface area contributed by atoms with E-state index in [4.69, 9.17) is 9.26 Å². The Morgan fingerprint density at radius 1 is 1.38 bits per heavy atom. The molecule has 1 aromatic heterocycles. The molecular formula is C13H13F2N3O3. The van der Waals surface area contributed by atoms with Crippen molar-refractivity contribution in [1.82, 2.24) is 15.5 Å². The van der Waals surface area contributed by atoms with E-state index in [2.05, 4.69) is 20.2 Å². The van der Waals surface area contributed by atoms with Crippen LogP contribution in [0.2, 0.25) is 0 Å². The predicted octanol–water partition coefficient (Wildman–Crippen LogP) is 2.00. The number of alkyl halides is 2. The standard InChI is InChI=1S/C13H13F2N3O3/c14-13(15)20-9-3-1-2-8(6-9)12-17-11(18-21-12)10-7-16-4-5-19-10/h1-3,6,10,13,16H,4-5,7H2. The predicted molar refractivity (Wildman–Crippen MR) is 67.9 cm³/mol. The van der Waals surface area contributed by atoms with E-state index in [1.807, 2.05) is 0 Å². The van der Waals surface area contributed by atoms with Crippen LogP contribution in [0, 0.1) is 0 Å². The van der Waals surface area contributed by atoms with Crippen LogP contribution >= 0.6 is 0 Å². The van der Waals surface area contributed by atoms with Crippen molar-refractivity contribution in [2.45, 2.75) is 12.7 Å². The highest BCUT2D eigenvalue weighted by Crippen LogP contribution is 2.25. The molecule has 21 heavy (non-hydrogen) atoms. The monoisotopic (exact) mass is 297 g/mol. The number of rotatable bonds is 4. The minimum Gasteiger partial charge on any atom is -0.435 e. The summed E-state index contributed by atoms with van der Waals surface area (Å²) in [6.07, 6.45) is -0.267. The van der Waals surface area contributed by atoms with E-state index in [1.165, 1.54) is 12.1 Å². The molecule has 1 unspecified atom stereocenters. The maximum absolute atomic E-state index is 12.2. The van der Waals surface area contributed by atoms with Gasteiger partial charge in [0.05, 0.1) is 6.61 Å². The number of benzene rings is 1. The molecule has 1 aromatic carbocycles. The summed E-state index contributed by atoms with van der Waals surface area (Å²) in [5, 5.41) is 7.03. The van der Waals surface area contributed by atoms with Gasteiger partial charge >= 0.3 is 6.61 Å². The van der Waals surface area contributed by atoms with E-state index in [0.717, 1.165) is 6.54 Å². The Hall–Kier alpha value is -2.06. The van der Waals surface area contributed by atoms with Gasteiger partial charge in [-0.05, 0) is 18.2 Å². The van der Waals surface area contributed by atoms with Crippen LogP contribution < -0.4 is 10.1 Å². The van der Waals surface area contributed by atoms with Gasteiger partial charge in [-0.3, -0.25) is 0 Å². The number of hydrogen-bond acceptors (Lipinski definition) is 6. The molecule has 1 atom stereocenters. The third kappa shape index (κ3) is 3.34. The molecule has 1 aliphatic heterocycles. The molecule has 0 amide bonds. The quantitative estimate of drug-likeness (QED) is 0.931. The number of hydrogen-bond donors (Lipinski definition) is 1. The largest absolute Gasteiger partial charge is 0.435 e. The summed E-state index contributed by atoms with van der Waals surface area (Å²) < 4.78 is 39.4. The summed E-state index contributed by atoms with van der Waals surface area (Å²) in [6, 6.07) is 6.11. The van der Waals surface area contributed by atoms with Crippen LogP contribution in [0.4, 0.5) is 8.78 Å². The Bertz CT molecular complexity index is 600. The van der Waals surface area contributed by atoms with Crippen LogP contribution in [0.3, 0.4) is 0 Å². The summed E-state index contributed by atoms with van der Waals surface area (Å²) in [7, 11) is 0. The topological polar surface area (TPSA) is 69.4 Å². The smallest absolute Gasteiger partial charge is 0.387 e. The fraction of sp³-hybridized carbons (Fsp3) is 0.385. The summed E-state index contributed by atoms with van der Waals surface area (Å²) in [5.74, 6) is 0.703. The van der Waals surface area contributed by atoms with Gasteiger partial charge in [0.15, 0.2) is 0 Å². The number of halogens is 2. The first-order valence-corrected chi connectivity index (χ1v) is 6.43. The first kappa shape index (κ1) is 13.9. The van der Waals surface area contributed by atoms with E-state index in [0.29, 0.717) is 24.5 Å². The van der Waals surface area contributed by atoms with E-state index in [9.17, 15) is 8.78 Å². The molecule has 1 saturated heterocycles. The zero-order valence-corrected chi connectivity index (χ0v) is 11.0. The van der Waals surface area contributed by atoms with E-state index in [-0.39, 0.29) is 17.7 Å². The molecule has 3 rings (SSSR count). The van der Waals surface area contributed by atoms with Gasteiger partial charge in [0.1, 0.15) is 11.9 Å². The molecule has 0 bridgehead atoms. The number of nitrogens with one attached hydrogen (secondary N) is 1. The van der Waals surface area contributed by atoms with Crippen LogP contribution in [-0.4, -0.2) is 36.4 Å². The Kier molecular flexibility index (Phi) is 4.07. The zero-order valence-electron chi connectivity index (χ0n) is 11.0. The molecule has 2 aromatic rings. The second-order valence-electron chi connectivity index (χ2n) is 4.43. The van der Waals surface area contributed by atoms with Crippen molar-refractivity contribution in [3.63, 3.8) is 0 Å². The summed E-state index contributed by atoms with van der Waals surface area (Å²) in [4.78, 5) is 4.24. The van der Waals surface area contributed by atoms with Crippen molar-refractivity contribution in [3.8, 4) is 17.2 Å².